The highest BCUT2D eigenvalue weighted by molar-refractivity contribution is 7.17. The van der Waals surface area contributed by atoms with Crippen LogP contribution in [0.15, 0.2) is 24.3 Å². The van der Waals surface area contributed by atoms with Crippen molar-refractivity contribution in [3.63, 3.8) is 0 Å². The highest BCUT2D eigenvalue weighted by atomic mass is 32.1. The third kappa shape index (κ3) is 3.32. The lowest BCUT2D eigenvalue weighted by Crippen LogP contribution is -1.99. The van der Waals surface area contributed by atoms with E-state index in [1.165, 1.54) is 29.6 Å². The molecule has 5 heteroatoms. The number of aromatic nitrogens is 1. The Labute approximate surface area is 116 Å². The Balaban J connectivity index is 2.04. The van der Waals surface area contributed by atoms with E-state index in [4.69, 9.17) is 4.74 Å². The summed E-state index contributed by atoms with van der Waals surface area (Å²) < 4.78 is 4.71. The van der Waals surface area contributed by atoms with E-state index in [9.17, 15) is 4.79 Å². The van der Waals surface area contributed by atoms with E-state index in [-0.39, 0.29) is 5.97 Å². The number of hydrogen-bond donors (Lipinski definition) is 1. The van der Waals surface area contributed by atoms with Crippen molar-refractivity contribution in [3.8, 4) is 0 Å². The van der Waals surface area contributed by atoms with Crippen molar-refractivity contribution < 1.29 is 9.53 Å². The maximum absolute atomic E-state index is 11.5. The minimum atomic E-state index is -0.335. The molecular formula is C14H16N2O2S. The van der Waals surface area contributed by atoms with Crippen LogP contribution in [0, 0.1) is 13.8 Å². The second kappa shape index (κ2) is 5.84. The van der Waals surface area contributed by atoms with Gasteiger partial charge in [0.15, 0.2) is 5.13 Å². The van der Waals surface area contributed by atoms with Gasteiger partial charge in [-0.05, 0) is 19.4 Å². The van der Waals surface area contributed by atoms with Gasteiger partial charge in [0.25, 0.3) is 0 Å². The molecule has 0 fully saturated rings. The lowest BCUT2D eigenvalue weighted by Gasteiger charge is -2.02. The number of rotatable bonds is 4. The molecule has 1 N–H and O–H groups in total. The standard InChI is InChI=1S/C14H16N2O2S/c1-9-4-6-11(7-5-9)8-15-14-16-10(2)12(19-14)13(17)18-3/h4-7H,8H2,1-3H3,(H,15,16). The summed E-state index contributed by atoms with van der Waals surface area (Å²) in [4.78, 5) is 16.3. The number of carbonyl (C=O) groups excluding carboxylic acids is 1. The Morgan fingerprint density at radius 2 is 2.00 bits per heavy atom. The Kier molecular flexibility index (Phi) is 4.16. The van der Waals surface area contributed by atoms with Gasteiger partial charge in [0.2, 0.25) is 0 Å². The maximum Gasteiger partial charge on any atom is 0.350 e. The summed E-state index contributed by atoms with van der Waals surface area (Å²) in [5.74, 6) is -0.335. The van der Waals surface area contributed by atoms with Crippen LogP contribution >= 0.6 is 11.3 Å². The molecule has 0 unspecified atom stereocenters. The number of anilines is 1. The zero-order valence-electron chi connectivity index (χ0n) is 11.2. The van der Waals surface area contributed by atoms with Gasteiger partial charge in [-0.1, -0.05) is 41.2 Å². The largest absolute Gasteiger partial charge is 0.465 e. The molecule has 100 valence electrons. The average Bonchev–Trinajstić information content (AvgIpc) is 2.78. The lowest BCUT2D eigenvalue weighted by atomic mass is 10.1. The summed E-state index contributed by atoms with van der Waals surface area (Å²) in [5, 5.41) is 3.95. The predicted octanol–water partition coefficient (Wildman–Crippen LogP) is 3.16. The zero-order chi connectivity index (χ0) is 13.8. The summed E-state index contributed by atoms with van der Waals surface area (Å²) in [6, 6.07) is 8.29. The van der Waals surface area contributed by atoms with Crippen molar-refractivity contribution in [2.45, 2.75) is 20.4 Å². The number of nitrogens with zero attached hydrogens (tertiary/aromatic N) is 1. The van der Waals surface area contributed by atoms with E-state index in [2.05, 4.69) is 41.5 Å². The average molecular weight is 276 g/mol. The molecule has 2 rings (SSSR count). The molecule has 0 aliphatic carbocycles. The number of esters is 1. The van der Waals surface area contributed by atoms with Gasteiger partial charge in [-0.2, -0.15) is 0 Å². The first kappa shape index (κ1) is 13.5. The molecule has 0 aliphatic rings. The van der Waals surface area contributed by atoms with Crippen molar-refractivity contribution in [1.82, 2.24) is 4.98 Å². The first-order valence-electron chi connectivity index (χ1n) is 5.95. The SMILES string of the molecule is COC(=O)c1sc(NCc2ccc(C)cc2)nc1C. The normalized spacial score (nSPS) is 10.3. The van der Waals surface area contributed by atoms with Gasteiger partial charge < -0.3 is 10.1 Å². The van der Waals surface area contributed by atoms with Crippen LogP contribution in [0.25, 0.3) is 0 Å². The Morgan fingerprint density at radius 3 is 2.63 bits per heavy atom. The van der Waals surface area contributed by atoms with Crippen LogP contribution in [-0.2, 0) is 11.3 Å². The molecule has 0 spiro atoms. The molecule has 1 aromatic heterocycles. The van der Waals surface area contributed by atoms with Gasteiger partial charge in [0.1, 0.15) is 4.88 Å². The van der Waals surface area contributed by atoms with Gasteiger partial charge in [0.05, 0.1) is 12.8 Å². The van der Waals surface area contributed by atoms with E-state index in [1.807, 2.05) is 0 Å². The number of hydrogen-bond acceptors (Lipinski definition) is 5. The van der Waals surface area contributed by atoms with E-state index in [1.54, 1.807) is 6.92 Å². The van der Waals surface area contributed by atoms with Gasteiger partial charge in [0, 0.05) is 6.54 Å². The molecular weight excluding hydrogens is 260 g/mol. The summed E-state index contributed by atoms with van der Waals surface area (Å²) in [5.41, 5.74) is 3.11. The second-order valence-corrected chi connectivity index (χ2v) is 5.26. The smallest absolute Gasteiger partial charge is 0.350 e. The molecule has 0 saturated heterocycles. The van der Waals surface area contributed by atoms with E-state index in [0.29, 0.717) is 17.1 Å². The Morgan fingerprint density at radius 1 is 1.32 bits per heavy atom. The molecule has 0 bridgehead atoms. The van der Waals surface area contributed by atoms with Crippen LogP contribution in [0.4, 0.5) is 5.13 Å². The van der Waals surface area contributed by atoms with Crippen LogP contribution in [0.3, 0.4) is 0 Å². The van der Waals surface area contributed by atoms with E-state index < -0.39 is 0 Å². The fourth-order valence-electron chi connectivity index (χ4n) is 1.64. The van der Waals surface area contributed by atoms with Crippen LogP contribution in [0.2, 0.25) is 0 Å². The summed E-state index contributed by atoms with van der Waals surface area (Å²) >= 11 is 1.32. The number of aryl methyl sites for hydroxylation is 2. The zero-order valence-corrected chi connectivity index (χ0v) is 12.0. The van der Waals surface area contributed by atoms with Gasteiger partial charge in [-0.25, -0.2) is 9.78 Å². The molecule has 4 nitrogen and oxygen atoms in total. The Bertz CT molecular complexity index is 576. The quantitative estimate of drug-likeness (QED) is 0.872. The molecule has 0 saturated carbocycles. The topological polar surface area (TPSA) is 51.2 Å². The third-order valence-electron chi connectivity index (χ3n) is 2.73. The van der Waals surface area contributed by atoms with Crippen LogP contribution < -0.4 is 5.32 Å². The molecule has 0 radical (unpaired) electrons. The summed E-state index contributed by atoms with van der Waals surface area (Å²) in [6.07, 6.45) is 0. The predicted molar refractivity (Wildman–Crippen MR) is 76.7 cm³/mol. The third-order valence-corrected chi connectivity index (χ3v) is 3.83. The first-order valence-corrected chi connectivity index (χ1v) is 6.77. The lowest BCUT2D eigenvalue weighted by molar-refractivity contribution is 0.0605. The highest BCUT2D eigenvalue weighted by Gasteiger charge is 2.15. The van der Waals surface area contributed by atoms with Gasteiger partial charge in [-0.15, -0.1) is 0 Å². The number of benzene rings is 1. The minimum absolute atomic E-state index is 0.335. The van der Waals surface area contributed by atoms with E-state index in [0.717, 1.165) is 5.13 Å². The van der Waals surface area contributed by atoms with Crippen molar-refractivity contribution in [3.05, 3.63) is 46.0 Å². The fourth-order valence-corrected chi connectivity index (χ4v) is 2.52. The molecule has 2 aromatic rings. The van der Waals surface area contributed by atoms with Gasteiger partial charge >= 0.3 is 5.97 Å². The maximum atomic E-state index is 11.5. The van der Waals surface area contributed by atoms with Crippen LogP contribution in [0.1, 0.15) is 26.5 Å². The molecule has 0 amide bonds. The molecule has 0 atom stereocenters. The molecule has 1 heterocycles. The number of ether oxygens (including phenoxy) is 1. The number of carbonyl (C=O) groups is 1. The number of nitrogens with one attached hydrogen (secondary N) is 1. The Hall–Kier alpha value is -1.88. The van der Waals surface area contributed by atoms with Crippen LogP contribution in [0.5, 0.6) is 0 Å². The van der Waals surface area contributed by atoms with Crippen molar-refractivity contribution in [1.29, 1.82) is 0 Å². The molecule has 1 aromatic carbocycles. The van der Waals surface area contributed by atoms with Gasteiger partial charge in [-0.3, -0.25) is 0 Å². The number of methoxy groups -OCH3 is 1. The highest BCUT2D eigenvalue weighted by Crippen LogP contribution is 2.23. The molecule has 19 heavy (non-hydrogen) atoms. The monoisotopic (exact) mass is 276 g/mol. The summed E-state index contributed by atoms with van der Waals surface area (Å²) in [7, 11) is 1.38. The fraction of sp³-hybridized carbons (Fsp3) is 0.286. The molecule has 0 aliphatic heterocycles. The van der Waals surface area contributed by atoms with Crippen molar-refractivity contribution >= 4 is 22.4 Å². The second-order valence-electron chi connectivity index (χ2n) is 4.26. The minimum Gasteiger partial charge on any atom is -0.465 e. The number of thiazole rings is 1. The van der Waals surface area contributed by atoms with Crippen molar-refractivity contribution in [2.75, 3.05) is 12.4 Å². The van der Waals surface area contributed by atoms with E-state index >= 15 is 0 Å². The summed E-state index contributed by atoms with van der Waals surface area (Å²) in [6.45, 7) is 4.55. The van der Waals surface area contributed by atoms with Crippen LogP contribution in [-0.4, -0.2) is 18.1 Å². The first-order chi connectivity index (χ1) is 9.10. The van der Waals surface area contributed by atoms with Crippen molar-refractivity contribution in [2.24, 2.45) is 0 Å².